The lowest BCUT2D eigenvalue weighted by Crippen LogP contribution is -2.15. The Balaban J connectivity index is 1.44. The molecule has 0 saturated carbocycles. The molecule has 0 fully saturated rings. The fraction of sp³-hybridized carbons (Fsp3) is 0.0741. The number of nitrogens with zero attached hydrogens (tertiary/aromatic N) is 2. The minimum atomic E-state index is -3.95. The molecule has 188 valence electrons. The van der Waals surface area contributed by atoms with Crippen LogP contribution in [0.2, 0.25) is 0 Å². The zero-order chi connectivity index (χ0) is 26.3. The van der Waals surface area contributed by atoms with Crippen LogP contribution in [0.5, 0.6) is 11.5 Å². The minimum absolute atomic E-state index is 0.0000770. The van der Waals surface area contributed by atoms with E-state index >= 15 is 0 Å². The molecule has 1 aromatic heterocycles. The summed E-state index contributed by atoms with van der Waals surface area (Å²) in [6.07, 6.45) is 5.00. The third-order valence-corrected chi connectivity index (χ3v) is 6.56. The van der Waals surface area contributed by atoms with Crippen LogP contribution in [0.4, 0.5) is 11.6 Å². The highest BCUT2D eigenvalue weighted by Gasteiger charge is 2.16. The molecule has 0 radical (unpaired) electrons. The summed E-state index contributed by atoms with van der Waals surface area (Å²) in [7, 11) is -0.831. The van der Waals surface area contributed by atoms with Crippen molar-refractivity contribution in [2.75, 3.05) is 24.3 Å². The molecule has 0 unspecified atom stereocenters. The van der Waals surface area contributed by atoms with Crippen LogP contribution in [0.1, 0.15) is 21.6 Å². The molecule has 3 aromatic carbocycles. The Morgan fingerprint density at radius 1 is 0.865 bits per heavy atom. The highest BCUT2D eigenvalue weighted by atomic mass is 32.2. The second-order valence-electron chi connectivity index (χ2n) is 7.70. The summed E-state index contributed by atoms with van der Waals surface area (Å²) in [5.74, 6) is 0.841. The predicted octanol–water partition coefficient (Wildman–Crippen LogP) is 4.72. The number of methoxy groups -OCH3 is 2. The number of sulfonamides is 1. The number of hydrogen-bond acceptors (Lipinski definition) is 7. The predicted molar refractivity (Wildman–Crippen MR) is 142 cm³/mol. The van der Waals surface area contributed by atoms with Gasteiger partial charge in [0.1, 0.15) is 0 Å². The van der Waals surface area contributed by atoms with E-state index in [2.05, 4.69) is 20.0 Å². The van der Waals surface area contributed by atoms with Crippen molar-refractivity contribution in [1.29, 1.82) is 0 Å². The van der Waals surface area contributed by atoms with E-state index in [-0.39, 0.29) is 16.8 Å². The van der Waals surface area contributed by atoms with E-state index in [0.717, 1.165) is 5.56 Å². The summed E-state index contributed by atoms with van der Waals surface area (Å²) in [4.78, 5) is 20.6. The zero-order valence-corrected chi connectivity index (χ0v) is 20.9. The lowest BCUT2D eigenvalue weighted by Gasteiger charge is -2.09. The standard InChI is InChI=1S/C27H24N4O5S/c1-35-24-15-9-19(18-25(24)36-2)8-10-22-16-17-28-27(30-22)31-37(33,34)23-13-11-21(12-14-23)29-26(32)20-6-4-3-5-7-20/h3-18H,1-2H3,(H,29,32)(H,28,30,31). The molecule has 0 aliphatic rings. The third-order valence-electron chi connectivity index (χ3n) is 5.22. The van der Waals surface area contributed by atoms with E-state index in [0.29, 0.717) is 28.4 Å². The molecule has 1 amide bonds. The molecular formula is C27H24N4O5S. The molecule has 0 aliphatic heterocycles. The molecule has 1 heterocycles. The van der Waals surface area contributed by atoms with Gasteiger partial charge in [0.15, 0.2) is 11.5 Å². The van der Waals surface area contributed by atoms with Crippen molar-refractivity contribution in [3.05, 3.63) is 102 Å². The number of nitrogens with one attached hydrogen (secondary N) is 2. The normalized spacial score (nSPS) is 11.2. The maximum atomic E-state index is 12.9. The number of ether oxygens (including phenoxy) is 2. The zero-order valence-electron chi connectivity index (χ0n) is 20.1. The Hall–Kier alpha value is -4.70. The quantitative estimate of drug-likeness (QED) is 0.330. The second-order valence-corrected chi connectivity index (χ2v) is 9.39. The van der Waals surface area contributed by atoms with Crippen molar-refractivity contribution in [3.8, 4) is 11.5 Å². The molecule has 9 nitrogen and oxygen atoms in total. The molecule has 0 spiro atoms. The van der Waals surface area contributed by atoms with Crippen LogP contribution < -0.4 is 19.5 Å². The summed E-state index contributed by atoms with van der Waals surface area (Å²) in [6, 6.07) is 21.6. The molecule has 0 bridgehead atoms. The Kier molecular flexibility index (Phi) is 7.80. The van der Waals surface area contributed by atoms with Gasteiger partial charge in [0.2, 0.25) is 5.95 Å². The van der Waals surface area contributed by atoms with Gasteiger partial charge < -0.3 is 14.8 Å². The first kappa shape index (κ1) is 25.4. The Morgan fingerprint density at radius 3 is 2.30 bits per heavy atom. The number of hydrogen-bond donors (Lipinski definition) is 2. The van der Waals surface area contributed by atoms with Crippen LogP contribution in [0.25, 0.3) is 12.2 Å². The summed E-state index contributed by atoms with van der Waals surface area (Å²) in [6.45, 7) is 0. The highest BCUT2D eigenvalue weighted by Crippen LogP contribution is 2.28. The molecule has 4 aromatic rings. The number of rotatable bonds is 9. The van der Waals surface area contributed by atoms with Crippen molar-refractivity contribution < 1.29 is 22.7 Å². The largest absolute Gasteiger partial charge is 0.493 e. The van der Waals surface area contributed by atoms with Crippen molar-refractivity contribution in [2.24, 2.45) is 0 Å². The average molecular weight is 517 g/mol. The average Bonchev–Trinajstić information content (AvgIpc) is 2.92. The first-order chi connectivity index (χ1) is 17.9. The van der Waals surface area contributed by atoms with E-state index in [1.807, 2.05) is 24.3 Å². The van der Waals surface area contributed by atoms with Crippen LogP contribution in [0.15, 0.2) is 90.0 Å². The maximum absolute atomic E-state index is 12.9. The van der Waals surface area contributed by atoms with Crippen molar-refractivity contribution >= 4 is 39.7 Å². The van der Waals surface area contributed by atoms with E-state index < -0.39 is 10.0 Å². The Labute approximate surface area is 214 Å². The van der Waals surface area contributed by atoms with Crippen molar-refractivity contribution in [1.82, 2.24) is 9.97 Å². The van der Waals surface area contributed by atoms with E-state index in [1.165, 1.54) is 30.5 Å². The molecule has 10 heteroatoms. The summed E-state index contributed by atoms with van der Waals surface area (Å²) < 4.78 is 38.6. The summed E-state index contributed by atoms with van der Waals surface area (Å²) in [5, 5.41) is 2.73. The lowest BCUT2D eigenvalue weighted by atomic mass is 10.1. The van der Waals surface area contributed by atoms with Gasteiger partial charge in [0.05, 0.1) is 24.8 Å². The second kappa shape index (κ2) is 11.4. The number of anilines is 2. The van der Waals surface area contributed by atoms with Crippen LogP contribution in [0.3, 0.4) is 0 Å². The number of amides is 1. The van der Waals surface area contributed by atoms with Gasteiger partial charge in [0.25, 0.3) is 15.9 Å². The van der Waals surface area contributed by atoms with Crippen molar-refractivity contribution in [2.45, 2.75) is 4.90 Å². The van der Waals surface area contributed by atoms with Crippen LogP contribution in [-0.2, 0) is 10.0 Å². The number of carbonyl (C=O) groups excluding carboxylic acids is 1. The minimum Gasteiger partial charge on any atom is -0.493 e. The van der Waals surface area contributed by atoms with Gasteiger partial charge in [-0.05, 0) is 66.2 Å². The van der Waals surface area contributed by atoms with Gasteiger partial charge in [-0.2, -0.15) is 0 Å². The van der Waals surface area contributed by atoms with Crippen molar-refractivity contribution in [3.63, 3.8) is 0 Å². The molecule has 4 rings (SSSR count). The summed E-state index contributed by atoms with van der Waals surface area (Å²) in [5.41, 5.74) is 2.31. The lowest BCUT2D eigenvalue weighted by molar-refractivity contribution is 0.102. The van der Waals surface area contributed by atoms with Gasteiger partial charge in [-0.25, -0.2) is 23.1 Å². The number of aromatic nitrogens is 2. The smallest absolute Gasteiger partial charge is 0.264 e. The molecule has 0 saturated heterocycles. The van der Waals surface area contributed by atoms with Gasteiger partial charge in [-0.1, -0.05) is 30.3 Å². The third kappa shape index (κ3) is 6.50. The van der Waals surface area contributed by atoms with Crippen LogP contribution in [-0.4, -0.2) is 38.5 Å². The first-order valence-electron chi connectivity index (χ1n) is 11.1. The fourth-order valence-corrected chi connectivity index (χ4v) is 4.29. The SMILES string of the molecule is COc1ccc(C=Cc2ccnc(NS(=O)(=O)c3ccc(NC(=O)c4ccccc4)cc3)n2)cc1OC. The van der Waals surface area contributed by atoms with Crippen LogP contribution in [0, 0.1) is 0 Å². The molecule has 0 aliphatic carbocycles. The topological polar surface area (TPSA) is 120 Å². The summed E-state index contributed by atoms with van der Waals surface area (Å²) >= 11 is 0. The van der Waals surface area contributed by atoms with Gasteiger partial charge >= 0.3 is 0 Å². The fourth-order valence-electron chi connectivity index (χ4n) is 3.34. The molecule has 37 heavy (non-hydrogen) atoms. The number of carbonyl (C=O) groups is 1. The van der Waals surface area contributed by atoms with Crippen LogP contribution >= 0.6 is 0 Å². The maximum Gasteiger partial charge on any atom is 0.264 e. The van der Waals surface area contributed by atoms with E-state index in [4.69, 9.17) is 9.47 Å². The Bertz CT molecular complexity index is 1520. The molecule has 2 N–H and O–H groups in total. The molecular weight excluding hydrogens is 492 g/mol. The van der Waals surface area contributed by atoms with Gasteiger partial charge in [0, 0.05) is 17.4 Å². The monoisotopic (exact) mass is 516 g/mol. The number of benzene rings is 3. The van der Waals surface area contributed by atoms with E-state index in [1.54, 1.807) is 56.7 Å². The first-order valence-corrected chi connectivity index (χ1v) is 12.6. The van der Waals surface area contributed by atoms with Gasteiger partial charge in [-0.3, -0.25) is 4.79 Å². The van der Waals surface area contributed by atoms with Gasteiger partial charge in [-0.15, -0.1) is 0 Å². The molecule has 0 atom stereocenters. The Morgan fingerprint density at radius 2 is 1.59 bits per heavy atom. The van der Waals surface area contributed by atoms with E-state index in [9.17, 15) is 13.2 Å². The highest BCUT2D eigenvalue weighted by molar-refractivity contribution is 7.92.